The van der Waals surface area contributed by atoms with Crippen LogP contribution in [0.1, 0.15) is 114 Å². The second-order valence-electron chi connectivity index (χ2n) is 20.8. The molecule has 0 amide bonds. The molecule has 4 nitrogen and oxygen atoms in total. The van der Waals surface area contributed by atoms with Gasteiger partial charge in [0.1, 0.15) is 11.6 Å². The first-order chi connectivity index (χ1) is 32.0. The minimum absolute atomic E-state index is 0. The monoisotopic (exact) mass is 1070 g/mol. The SMILES string of the molecule is CC(C)c1cc(-c2ccccc2)cc(C(C)C)c1-n1c(-c2cc(C(C)(C)C)cc(C(C)(C)C)c2O)nc2c(-c3[c-]c(-c4ccc(-c5ccccc5)cn4)cc(Cc4ccccc4)c3)cccc21.[Pt]. The third-order valence-corrected chi connectivity index (χ3v) is 13.1. The summed E-state index contributed by atoms with van der Waals surface area (Å²) in [5.41, 5.74) is 18.3. The molecule has 0 radical (unpaired) electrons. The Labute approximate surface area is 418 Å². The van der Waals surface area contributed by atoms with Crippen molar-refractivity contribution in [1.82, 2.24) is 14.5 Å². The molecule has 0 aliphatic carbocycles. The van der Waals surface area contributed by atoms with Gasteiger partial charge in [0.15, 0.2) is 0 Å². The van der Waals surface area contributed by atoms with Gasteiger partial charge >= 0.3 is 0 Å². The summed E-state index contributed by atoms with van der Waals surface area (Å²) in [5.74, 6) is 1.33. The number of phenols is 1. The van der Waals surface area contributed by atoms with E-state index in [0.717, 1.165) is 78.9 Å². The van der Waals surface area contributed by atoms with Gasteiger partial charge in [-0.15, -0.1) is 29.3 Å². The van der Waals surface area contributed by atoms with Gasteiger partial charge < -0.3 is 5.11 Å². The zero-order valence-corrected chi connectivity index (χ0v) is 43.3. The number of hydrogen-bond acceptors (Lipinski definition) is 3. The van der Waals surface area contributed by atoms with E-state index in [-0.39, 0.29) is 49.5 Å². The second kappa shape index (κ2) is 19.3. The van der Waals surface area contributed by atoms with E-state index in [1.165, 1.54) is 27.8 Å². The Morgan fingerprint density at radius 2 is 1.15 bits per heavy atom. The summed E-state index contributed by atoms with van der Waals surface area (Å²) in [6, 6.07) is 60.0. The third kappa shape index (κ3) is 9.67. The number of rotatable bonds is 10. The smallest absolute Gasteiger partial charge is 0.148 e. The van der Waals surface area contributed by atoms with Crippen molar-refractivity contribution in [2.45, 2.75) is 98.3 Å². The molecule has 9 rings (SSSR count). The summed E-state index contributed by atoms with van der Waals surface area (Å²) >= 11 is 0. The first-order valence-corrected chi connectivity index (χ1v) is 23.8. The Morgan fingerprint density at radius 3 is 1.71 bits per heavy atom. The fraction of sp³-hybridized carbons (Fsp3) is 0.238. The number of aromatic hydroxyl groups is 1. The Bertz CT molecular complexity index is 3180. The van der Waals surface area contributed by atoms with Crippen molar-refractivity contribution in [3.63, 3.8) is 0 Å². The van der Waals surface area contributed by atoms with E-state index in [2.05, 4.69) is 232 Å². The normalized spacial score (nSPS) is 11.9. The van der Waals surface area contributed by atoms with Crippen molar-refractivity contribution in [3.05, 3.63) is 203 Å². The van der Waals surface area contributed by atoms with Crippen molar-refractivity contribution in [1.29, 1.82) is 0 Å². The number of fused-ring (bicyclic) bond motifs is 1. The molecule has 0 bridgehead atoms. The van der Waals surface area contributed by atoms with Crippen LogP contribution in [0, 0.1) is 6.07 Å². The summed E-state index contributed by atoms with van der Waals surface area (Å²) < 4.78 is 2.37. The zero-order chi connectivity index (χ0) is 47.2. The van der Waals surface area contributed by atoms with E-state index >= 15 is 0 Å². The van der Waals surface area contributed by atoms with E-state index in [9.17, 15) is 5.11 Å². The van der Waals surface area contributed by atoms with Crippen molar-refractivity contribution in [2.75, 3.05) is 0 Å². The maximum absolute atomic E-state index is 12.7. The average molecular weight is 1070 g/mol. The van der Waals surface area contributed by atoms with Gasteiger partial charge in [-0.2, -0.15) is 0 Å². The molecule has 0 fully saturated rings. The molecule has 0 aliphatic rings. The topological polar surface area (TPSA) is 50.9 Å². The van der Waals surface area contributed by atoms with Gasteiger partial charge in [-0.1, -0.05) is 202 Å². The molecule has 0 spiro atoms. The molecule has 68 heavy (non-hydrogen) atoms. The Kier molecular flexibility index (Phi) is 13.7. The Balaban J connectivity index is 0.00000625. The summed E-state index contributed by atoms with van der Waals surface area (Å²) in [7, 11) is 0. The molecule has 0 saturated carbocycles. The van der Waals surface area contributed by atoms with Crippen molar-refractivity contribution < 1.29 is 26.2 Å². The molecule has 0 saturated heterocycles. The Morgan fingerprint density at radius 1 is 0.559 bits per heavy atom. The van der Waals surface area contributed by atoms with Crippen LogP contribution in [-0.4, -0.2) is 19.6 Å². The van der Waals surface area contributed by atoms with E-state index < -0.39 is 0 Å². The molecule has 2 heterocycles. The number of benzene rings is 7. The molecular formula is C63H62N3OPt-. The largest absolute Gasteiger partial charge is 0.507 e. The van der Waals surface area contributed by atoms with E-state index in [1.54, 1.807) is 0 Å². The minimum atomic E-state index is -0.330. The second-order valence-corrected chi connectivity index (χ2v) is 20.8. The first-order valence-electron chi connectivity index (χ1n) is 23.8. The molecule has 1 N–H and O–H groups in total. The van der Waals surface area contributed by atoms with Crippen LogP contribution in [0.3, 0.4) is 0 Å². The number of phenolic OH excluding ortho intramolecular Hbond substituents is 1. The number of hydrogen-bond donors (Lipinski definition) is 1. The minimum Gasteiger partial charge on any atom is -0.507 e. The van der Waals surface area contributed by atoms with Gasteiger partial charge in [0.2, 0.25) is 0 Å². The third-order valence-electron chi connectivity index (χ3n) is 13.1. The molecule has 5 heteroatoms. The van der Waals surface area contributed by atoms with Gasteiger partial charge in [0, 0.05) is 38.5 Å². The number of nitrogens with zero attached hydrogens (tertiary/aromatic N) is 3. The molecule has 7 aromatic carbocycles. The van der Waals surface area contributed by atoms with Crippen LogP contribution in [0.25, 0.3) is 72.7 Å². The van der Waals surface area contributed by atoms with Crippen LogP contribution in [0.5, 0.6) is 5.75 Å². The van der Waals surface area contributed by atoms with E-state index in [0.29, 0.717) is 5.82 Å². The summed E-state index contributed by atoms with van der Waals surface area (Å²) in [6.45, 7) is 22.4. The molecular weight excluding hydrogens is 1010 g/mol. The fourth-order valence-corrected chi connectivity index (χ4v) is 9.35. The standard InChI is InChI=1S/C63H62N3O.Pt/c1-40(2)52-35-47(45-25-18-13-19-26-45)36-53(41(3)4)59(52)66-57-28-20-27-51(58(57)65-61(66)54-37-50(62(5,6)7)38-55(60(54)67)63(8,9)10)48-32-43(31-42-21-14-11-15-22-42)33-49(34-48)56-30-29-46(39-64-56)44-23-16-12-17-24-44;/h11-30,32-33,35-41,67H,31H2,1-10H3;/q-1;. The average Bonchev–Trinajstić information content (AvgIpc) is 3.70. The molecule has 346 valence electrons. The number of para-hydroxylation sites is 1. The molecule has 0 aliphatic heterocycles. The van der Waals surface area contributed by atoms with Crippen LogP contribution in [0.2, 0.25) is 0 Å². The van der Waals surface area contributed by atoms with Gasteiger partial charge in [0.05, 0.1) is 22.3 Å². The van der Waals surface area contributed by atoms with Crippen molar-refractivity contribution >= 4 is 11.0 Å². The molecule has 9 aromatic rings. The molecule has 0 atom stereocenters. The predicted molar refractivity (Wildman–Crippen MR) is 281 cm³/mol. The van der Waals surface area contributed by atoms with Crippen LogP contribution >= 0.6 is 0 Å². The van der Waals surface area contributed by atoms with Crippen molar-refractivity contribution in [3.8, 4) is 67.5 Å². The maximum Gasteiger partial charge on any atom is 0.148 e. The number of pyridine rings is 1. The summed E-state index contributed by atoms with van der Waals surface area (Å²) in [4.78, 5) is 10.8. The quantitative estimate of drug-likeness (QED) is 0.139. The van der Waals surface area contributed by atoms with Gasteiger partial charge in [0.25, 0.3) is 0 Å². The van der Waals surface area contributed by atoms with E-state index in [4.69, 9.17) is 9.97 Å². The fourth-order valence-electron chi connectivity index (χ4n) is 9.35. The Hall–Kier alpha value is -6.35. The maximum atomic E-state index is 12.7. The molecule has 2 aromatic heterocycles. The first kappa shape index (κ1) is 48.1. The number of aromatic nitrogens is 3. The van der Waals surface area contributed by atoms with Crippen LogP contribution in [-0.2, 0) is 38.3 Å². The van der Waals surface area contributed by atoms with Gasteiger partial charge in [-0.3, -0.25) is 9.55 Å². The van der Waals surface area contributed by atoms with Gasteiger partial charge in [-0.25, -0.2) is 4.98 Å². The van der Waals surface area contributed by atoms with Crippen LogP contribution in [0.15, 0.2) is 164 Å². The zero-order valence-electron chi connectivity index (χ0n) is 41.1. The van der Waals surface area contributed by atoms with Gasteiger partial charge in [-0.05, 0) is 97.9 Å². The summed E-state index contributed by atoms with van der Waals surface area (Å²) in [5, 5.41) is 12.7. The van der Waals surface area contributed by atoms with Crippen LogP contribution in [0.4, 0.5) is 0 Å². The van der Waals surface area contributed by atoms with Crippen LogP contribution < -0.4 is 0 Å². The summed E-state index contributed by atoms with van der Waals surface area (Å²) in [6.07, 6.45) is 2.71. The van der Waals surface area contributed by atoms with E-state index in [1.807, 2.05) is 12.3 Å². The van der Waals surface area contributed by atoms with Crippen molar-refractivity contribution in [2.24, 2.45) is 0 Å². The predicted octanol–water partition coefficient (Wildman–Crippen LogP) is 16.7. The number of imidazole rings is 1. The molecule has 0 unspecified atom stereocenters.